The van der Waals surface area contributed by atoms with E-state index in [0.717, 1.165) is 6.42 Å². The number of para-hydroxylation sites is 2. The predicted octanol–water partition coefficient (Wildman–Crippen LogP) is 3.89. The molecule has 0 bridgehead atoms. The molecule has 4 amide bonds. The summed E-state index contributed by atoms with van der Waals surface area (Å²) < 4.78 is 68.6. The van der Waals surface area contributed by atoms with Gasteiger partial charge in [-0.25, -0.2) is 18.4 Å². The van der Waals surface area contributed by atoms with Gasteiger partial charge in [-0.05, 0) is 71.4 Å². The van der Waals surface area contributed by atoms with Crippen LogP contribution in [-0.4, -0.2) is 87.1 Å². The maximum Gasteiger partial charge on any atom is 0.292 e. The molecule has 0 radical (unpaired) electrons. The lowest BCUT2D eigenvalue weighted by Crippen LogP contribution is -2.58. The number of sulfonamides is 1. The summed E-state index contributed by atoms with van der Waals surface area (Å²) in [6.07, 6.45) is 6.07. The number of allylic oxidation sites excluding steroid dienone is 1. The second-order valence-electron chi connectivity index (χ2n) is 15.7. The van der Waals surface area contributed by atoms with E-state index >= 15 is 0 Å². The fourth-order valence-electron chi connectivity index (χ4n) is 7.31. The van der Waals surface area contributed by atoms with Gasteiger partial charge in [0, 0.05) is 24.8 Å². The van der Waals surface area contributed by atoms with Gasteiger partial charge in [0.15, 0.2) is 11.4 Å². The molecule has 7 rings (SSSR count). The first-order valence-electron chi connectivity index (χ1n) is 18.8. The van der Waals surface area contributed by atoms with Gasteiger partial charge in [0.2, 0.25) is 27.7 Å². The molecule has 0 unspecified atom stereocenters. The quantitative estimate of drug-likeness (QED) is 0.279. The van der Waals surface area contributed by atoms with Gasteiger partial charge in [0.1, 0.15) is 29.5 Å². The van der Waals surface area contributed by atoms with Crippen LogP contribution in [0, 0.1) is 19.8 Å². The lowest BCUT2D eigenvalue weighted by molar-refractivity contribution is -0.141. The van der Waals surface area contributed by atoms with Crippen molar-refractivity contribution < 1.29 is 45.6 Å². The summed E-state index contributed by atoms with van der Waals surface area (Å²) in [5.41, 5.74) is -1.36. The van der Waals surface area contributed by atoms with Crippen LogP contribution in [0.2, 0.25) is 0 Å². The fraction of sp³-hybridized carbons (Fsp3) is 0.553. The van der Waals surface area contributed by atoms with Crippen LogP contribution < -0.4 is 20.1 Å². The minimum Gasteiger partial charge on any atom is -0.471 e. The SMILES string of the molecule is Cc1onc(C(=O)N[C@H]2CCCCC/C=C\[C@@H]3C[C@@]3(C(=O)NS(=O)(=O)C3(C)CC3)NC(=O)[C@@H]3C[C@@H](Oc4nc5ccccc5nc4C(C)(F)F)CN3C2=O)c1C. The Bertz CT molecular complexity index is 2220. The van der Waals surface area contributed by atoms with Crippen LogP contribution >= 0.6 is 0 Å². The Kier molecular flexibility index (Phi) is 10.2. The molecule has 3 N–H and O–H groups in total. The molecule has 2 saturated carbocycles. The first-order chi connectivity index (χ1) is 26.4. The molecule has 1 aromatic carbocycles. The number of aromatic nitrogens is 3. The smallest absolute Gasteiger partial charge is 0.292 e. The lowest BCUT2D eigenvalue weighted by Gasteiger charge is -2.30. The van der Waals surface area contributed by atoms with Crippen molar-refractivity contribution in [2.45, 2.75) is 120 Å². The highest BCUT2D eigenvalue weighted by molar-refractivity contribution is 7.91. The molecule has 300 valence electrons. The third-order valence-electron chi connectivity index (χ3n) is 11.4. The topological polar surface area (TPSA) is 203 Å². The van der Waals surface area contributed by atoms with Gasteiger partial charge in [0.25, 0.3) is 17.7 Å². The molecule has 0 spiro atoms. The number of carbonyl (C=O) groups is 4. The van der Waals surface area contributed by atoms with E-state index in [0.29, 0.717) is 50.4 Å². The summed E-state index contributed by atoms with van der Waals surface area (Å²) in [4.78, 5) is 66.0. The van der Waals surface area contributed by atoms with E-state index in [4.69, 9.17) is 9.26 Å². The summed E-state index contributed by atoms with van der Waals surface area (Å²) in [6.45, 7) is 5.24. The monoisotopic (exact) mass is 797 g/mol. The Balaban J connectivity index is 1.23. The zero-order valence-electron chi connectivity index (χ0n) is 31.6. The number of alkyl halides is 2. The average molecular weight is 798 g/mol. The molecule has 4 heterocycles. The van der Waals surface area contributed by atoms with Crippen molar-refractivity contribution in [3.8, 4) is 5.88 Å². The van der Waals surface area contributed by atoms with Crippen LogP contribution in [0.15, 0.2) is 40.9 Å². The molecule has 4 aliphatic rings. The lowest BCUT2D eigenvalue weighted by atomic mass is 10.0. The minimum atomic E-state index is -4.06. The summed E-state index contributed by atoms with van der Waals surface area (Å²) in [5, 5.41) is 9.41. The number of hydrogen-bond acceptors (Lipinski definition) is 11. The largest absolute Gasteiger partial charge is 0.471 e. The van der Waals surface area contributed by atoms with Crippen LogP contribution in [-0.2, 0) is 30.3 Å². The number of halogens is 2. The van der Waals surface area contributed by atoms with Gasteiger partial charge in [-0.2, -0.15) is 8.78 Å². The van der Waals surface area contributed by atoms with E-state index in [1.807, 2.05) is 6.08 Å². The zero-order valence-corrected chi connectivity index (χ0v) is 32.4. The number of fused-ring (bicyclic) bond motifs is 3. The number of amides is 4. The van der Waals surface area contributed by atoms with E-state index < -0.39 is 85.5 Å². The first-order valence-corrected chi connectivity index (χ1v) is 20.3. The summed E-state index contributed by atoms with van der Waals surface area (Å²) in [7, 11) is -4.06. The number of aryl methyl sites for hydroxylation is 1. The van der Waals surface area contributed by atoms with Crippen molar-refractivity contribution in [3.05, 3.63) is 59.1 Å². The summed E-state index contributed by atoms with van der Waals surface area (Å²) in [6, 6.07) is 3.97. The molecule has 1 saturated heterocycles. The molecule has 3 fully saturated rings. The van der Waals surface area contributed by atoms with E-state index in [2.05, 4.69) is 30.5 Å². The standard InChI is InChI=1S/C38H45F2N7O8S/c1-21-22(2)55-45-29(21)32(49)42-27-15-9-7-5-6-8-12-23-19-38(23,35(51)46-56(52,53)36(3)16-17-36)44-31(48)28-18-24(20-47(28)34(27)50)54-33-30(37(4,39)40)41-25-13-10-11-14-26(25)43-33/h8,10-14,23-24,27-28H,5-7,9,15-20H2,1-4H3,(H,42,49)(H,44,48)(H,46,51)/b12-8-/t23-,24-,27+,28+,38-/m1/s1. The molecule has 3 aromatic rings. The Morgan fingerprint density at radius 1 is 1.09 bits per heavy atom. The minimum absolute atomic E-state index is 0.00102. The Morgan fingerprint density at radius 3 is 2.46 bits per heavy atom. The van der Waals surface area contributed by atoms with Crippen molar-refractivity contribution >= 4 is 44.7 Å². The Hall–Kier alpha value is -5.00. The number of hydrogen-bond donors (Lipinski definition) is 3. The van der Waals surface area contributed by atoms with E-state index in [1.165, 1.54) is 11.0 Å². The van der Waals surface area contributed by atoms with Gasteiger partial charge in [-0.1, -0.05) is 42.3 Å². The Labute approximate surface area is 322 Å². The van der Waals surface area contributed by atoms with Gasteiger partial charge in [-0.3, -0.25) is 23.9 Å². The molecule has 2 aromatic heterocycles. The van der Waals surface area contributed by atoms with Crippen molar-refractivity contribution in [1.82, 2.24) is 35.4 Å². The number of benzene rings is 1. The number of carbonyl (C=O) groups excluding carboxylic acids is 4. The van der Waals surface area contributed by atoms with Crippen LogP contribution in [0.4, 0.5) is 8.78 Å². The van der Waals surface area contributed by atoms with Gasteiger partial charge < -0.3 is 24.8 Å². The number of rotatable bonds is 8. The third kappa shape index (κ3) is 7.59. The van der Waals surface area contributed by atoms with Crippen LogP contribution in [0.3, 0.4) is 0 Å². The van der Waals surface area contributed by atoms with E-state index in [-0.39, 0.29) is 42.5 Å². The normalized spacial score (nSPS) is 27.2. The second kappa shape index (κ2) is 14.5. The molecule has 15 nitrogen and oxygen atoms in total. The fourth-order valence-corrected chi connectivity index (χ4v) is 8.62. The number of nitrogens with zero attached hydrogens (tertiary/aromatic N) is 4. The maximum atomic E-state index is 15.0. The first kappa shape index (κ1) is 39.2. The van der Waals surface area contributed by atoms with Crippen LogP contribution in [0.5, 0.6) is 5.88 Å². The van der Waals surface area contributed by atoms with E-state index in [9.17, 15) is 36.4 Å². The summed E-state index contributed by atoms with van der Waals surface area (Å²) in [5.74, 6) is -7.00. The highest BCUT2D eigenvalue weighted by atomic mass is 32.2. The molecule has 2 aliphatic heterocycles. The van der Waals surface area contributed by atoms with Crippen molar-refractivity contribution in [2.75, 3.05) is 6.54 Å². The molecular formula is C38H45F2N7O8S. The maximum absolute atomic E-state index is 15.0. The third-order valence-corrected chi connectivity index (χ3v) is 13.5. The van der Waals surface area contributed by atoms with Crippen molar-refractivity contribution in [3.63, 3.8) is 0 Å². The van der Waals surface area contributed by atoms with Gasteiger partial charge >= 0.3 is 0 Å². The molecule has 18 heteroatoms. The summed E-state index contributed by atoms with van der Waals surface area (Å²) >= 11 is 0. The van der Waals surface area contributed by atoms with Crippen LogP contribution in [0.25, 0.3) is 11.0 Å². The average Bonchev–Trinajstić information content (AvgIpc) is 3.97. The van der Waals surface area contributed by atoms with Crippen LogP contribution in [0.1, 0.15) is 99.1 Å². The van der Waals surface area contributed by atoms with Crippen molar-refractivity contribution in [1.29, 1.82) is 0 Å². The second-order valence-corrected chi connectivity index (χ2v) is 17.9. The molecule has 56 heavy (non-hydrogen) atoms. The zero-order chi connectivity index (χ0) is 40.2. The Morgan fingerprint density at radius 2 is 1.80 bits per heavy atom. The number of ether oxygens (including phenoxy) is 1. The number of nitrogens with one attached hydrogen (secondary N) is 3. The predicted molar refractivity (Wildman–Crippen MR) is 197 cm³/mol. The van der Waals surface area contributed by atoms with Gasteiger partial charge in [-0.15, -0.1) is 0 Å². The molecular weight excluding hydrogens is 753 g/mol. The highest BCUT2D eigenvalue weighted by Gasteiger charge is 2.63. The highest BCUT2D eigenvalue weighted by Crippen LogP contribution is 2.47. The van der Waals surface area contributed by atoms with Crippen molar-refractivity contribution in [2.24, 2.45) is 5.92 Å². The van der Waals surface area contributed by atoms with E-state index in [1.54, 1.807) is 45.0 Å². The molecule has 2 aliphatic carbocycles. The molecule has 5 atom stereocenters. The van der Waals surface area contributed by atoms with Gasteiger partial charge in [0.05, 0.1) is 22.3 Å².